The van der Waals surface area contributed by atoms with Crippen molar-refractivity contribution in [2.75, 3.05) is 0 Å². The van der Waals surface area contributed by atoms with Crippen molar-refractivity contribution in [3.63, 3.8) is 0 Å². The minimum atomic E-state index is -0.0278. The normalized spacial score (nSPS) is 12.9. The summed E-state index contributed by atoms with van der Waals surface area (Å²) in [5.74, 6) is 5.57. The summed E-state index contributed by atoms with van der Waals surface area (Å²) in [6.07, 6.45) is 3.60. The van der Waals surface area contributed by atoms with Gasteiger partial charge in [-0.25, -0.2) is 5.43 Å². The van der Waals surface area contributed by atoms with E-state index in [0.717, 1.165) is 17.1 Å². The van der Waals surface area contributed by atoms with E-state index in [-0.39, 0.29) is 6.04 Å². The molecule has 0 radical (unpaired) electrons. The number of aryl methyl sites for hydroxylation is 1. The fourth-order valence-electron chi connectivity index (χ4n) is 1.53. The second kappa shape index (κ2) is 4.52. The van der Waals surface area contributed by atoms with Crippen molar-refractivity contribution in [3.05, 3.63) is 34.5 Å². The molecule has 2 aromatic heterocycles. The molecule has 15 heavy (non-hydrogen) atoms. The van der Waals surface area contributed by atoms with Gasteiger partial charge >= 0.3 is 0 Å². The van der Waals surface area contributed by atoms with E-state index >= 15 is 0 Å². The van der Waals surface area contributed by atoms with Crippen molar-refractivity contribution in [2.24, 2.45) is 5.84 Å². The lowest BCUT2D eigenvalue weighted by atomic mass is 10.2. The Balaban J connectivity index is 2.35. The quantitative estimate of drug-likeness (QED) is 0.597. The zero-order chi connectivity index (χ0) is 10.7. The Kier molecular flexibility index (Phi) is 3.10. The zero-order valence-corrected chi connectivity index (χ0v) is 9.24. The Morgan fingerprint density at radius 2 is 2.53 bits per heavy atom. The van der Waals surface area contributed by atoms with Gasteiger partial charge in [0.15, 0.2) is 0 Å². The number of hydrogen-bond donors (Lipinski definition) is 2. The van der Waals surface area contributed by atoms with Gasteiger partial charge in [-0.3, -0.25) is 15.5 Å². The maximum atomic E-state index is 5.57. The maximum absolute atomic E-state index is 5.57. The number of hydrogen-bond acceptors (Lipinski definition) is 5. The van der Waals surface area contributed by atoms with Crippen LogP contribution in [-0.2, 0) is 6.54 Å². The average Bonchev–Trinajstić information content (AvgIpc) is 2.89. The van der Waals surface area contributed by atoms with Gasteiger partial charge < -0.3 is 0 Å². The van der Waals surface area contributed by atoms with E-state index in [2.05, 4.69) is 22.4 Å². The van der Waals surface area contributed by atoms with Gasteiger partial charge in [-0.05, 0) is 13.0 Å². The molecule has 0 spiro atoms. The highest BCUT2D eigenvalue weighted by atomic mass is 32.1. The Labute approximate surface area is 91.9 Å². The van der Waals surface area contributed by atoms with E-state index in [1.807, 2.05) is 16.9 Å². The lowest BCUT2D eigenvalue weighted by molar-refractivity contribution is 0.548. The molecule has 1 unspecified atom stereocenters. The highest BCUT2D eigenvalue weighted by Crippen LogP contribution is 2.23. The van der Waals surface area contributed by atoms with Crippen LogP contribution in [0.4, 0.5) is 0 Å². The minimum absolute atomic E-state index is 0.0278. The summed E-state index contributed by atoms with van der Waals surface area (Å²) in [5, 5.41) is 4.22. The molecule has 80 valence electrons. The number of aromatic nitrogens is 3. The van der Waals surface area contributed by atoms with E-state index in [0.29, 0.717) is 0 Å². The average molecular weight is 223 g/mol. The molecule has 6 heteroatoms. The van der Waals surface area contributed by atoms with Crippen LogP contribution >= 0.6 is 11.3 Å². The standard InChI is InChI=1S/C9H13N5S/c1-2-14-7(3-4-12-14)9(13-10)8-5-11-6-15-8/h3-6,9,13H,2,10H2,1H3. The SMILES string of the molecule is CCn1nccc1C(NN)c1cncs1. The van der Waals surface area contributed by atoms with E-state index < -0.39 is 0 Å². The minimum Gasteiger partial charge on any atom is -0.270 e. The predicted octanol–water partition coefficient (Wildman–Crippen LogP) is 0.912. The van der Waals surface area contributed by atoms with Crippen molar-refractivity contribution >= 4 is 11.3 Å². The molecular formula is C9H13N5S. The molecule has 1 atom stereocenters. The zero-order valence-electron chi connectivity index (χ0n) is 8.42. The van der Waals surface area contributed by atoms with E-state index in [1.54, 1.807) is 23.0 Å². The highest BCUT2D eigenvalue weighted by Gasteiger charge is 2.17. The Morgan fingerprint density at radius 1 is 1.67 bits per heavy atom. The van der Waals surface area contributed by atoms with Crippen LogP contribution in [0, 0.1) is 0 Å². The van der Waals surface area contributed by atoms with Gasteiger partial charge in [-0.15, -0.1) is 11.3 Å². The summed E-state index contributed by atoms with van der Waals surface area (Å²) in [7, 11) is 0. The maximum Gasteiger partial charge on any atom is 0.0986 e. The van der Waals surface area contributed by atoms with Crippen molar-refractivity contribution in [2.45, 2.75) is 19.5 Å². The summed E-state index contributed by atoms with van der Waals surface area (Å²) in [6, 6.07) is 1.94. The third-order valence-electron chi connectivity index (χ3n) is 2.25. The molecule has 0 bridgehead atoms. The first-order valence-corrected chi connectivity index (χ1v) is 5.61. The van der Waals surface area contributed by atoms with Crippen LogP contribution in [0.25, 0.3) is 0 Å². The first kappa shape index (κ1) is 10.3. The number of hydrazine groups is 1. The molecule has 2 heterocycles. The molecule has 2 rings (SSSR count). The molecule has 0 saturated heterocycles. The van der Waals surface area contributed by atoms with Gasteiger partial charge in [0.25, 0.3) is 0 Å². The summed E-state index contributed by atoms with van der Waals surface area (Å²) in [6.45, 7) is 2.88. The van der Waals surface area contributed by atoms with Gasteiger partial charge in [-0.2, -0.15) is 5.10 Å². The predicted molar refractivity (Wildman–Crippen MR) is 59.2 cm³/mol. The van der Waals surface area contributed by atoms with Crippen molar-refractivity contribution in [1.29, 1.82) is 0 Å². The first-order chi connectivity index (χ1) is 7.36. The van der Waals surface area contributed by atoms with Gasteiger partial charge in [0.05, 0.1) is 17.2 Å². The number of nitrogens with zero attached hydrogens (tertiary/aromatic N) is 3. The summed E-state index contributed by atoms with van der Waals surface area (Å²) >= 11 is 1.58. The van der Waals surface area contributed by atoms with E-state index in [1.165, 1.54) is 0 Å². The lowest BCUT2D eigenvalue weighted by Crippen LogP contribution is -2.30. The van der Waals surface area contributed by atoms with Crippen LogP contribution < -0.4 is 11.3 Å². The smallest absolute Gasteiger partial charge is 0.0986 e. The fourth-order valence-corrected chi connectivity index (χ4v) is 2.22. The van der Waals surface area contributed by atoms with Crippen LogP contribution in [0.5, 0.6) is 0 Å². The summed E-state index contributed by atoms with van der Waals surface area (Å²) < 4.78 is 1.92. The number of rotatable bonds is 4. The lowest BCUT2D eigenvalue weighted by Gasteiger charge is -2.14. The largest absolute Gasteiger partial charge is 0.270 e. The monoisotopic (exact) mass is 223 g/mol. The van der Waals surface area contributed by atoms with Crippen LogP contribution in [0.1, 0.15) is 23.5 Å². The topological polar surface area (TPSA) is 68.8 Å². The molecular weight excluding hydrogens is 210 g/mol. The van der Waals surface area contributed by atoms with Gasteiger partial charge in [-0.1, -0.05) is 0 Å². The second-order valence-corrected chi connectivity index (χ2v) is 3.99. The summed E-state index contributed by atoms with van der Waals surface area (Å²) in [4.78, 5) is 5.14. The van der Waals surface area contributed by atoms with Crippen molar-refractivity contribution in [1.82, 2.24) is 20.2 Å². The molecule has 0 fully saturated rings. The van der Waals surface area contributed by atoms with Crippen molar-refractivity contribution in [3.8, 4) is 0 Å². The van der Waals surface area contributed by atoms with Crippen molar-refractivity contribution < 1.29 is 0 Å². The van der Waals surface area contributed by atoms with Gasteiger partial charge in [0, 0.05) is 23.8 Å². The molecule has 5 nitrogen and oxygen atoms in total. The fraction of sp³-hybridized carbons (Fsp3) is 0.333. The van der Waals surface area contributed by atoms with Gasteiger partial charge in [0.2, 0.25) is 0 Å². The van der Waals surface area contributed by atoms with E-state index in [4.69, 9.17) is 5.84 Å². The molecule has 3 N–H and O–H groups in total. The molecule has 2 aromatic rings. The highest BCUT2D eigenvalue weighted by molar-refractivity contribution is 7.09. The molecule has 0 amide bonds. The van der Waals surface area contributed by atoms with E-state index in [9.17, 15) is 0 Å². The Bertz CT molecular complexity index is 408. The first-order valence-electron chi connectivity index (χ1n) is 4.73. The molecule has 0 aliphatic carbocycles. The van der Waals surface area contributed by atoms with Crippen LogP contribution in [0.3, 0.4) is 0 Å². The molecule has 0 aliphatic heterocycles. The third-order valence-corrected chi connectivity index (χ3v) is 3.09. The number of nitrogens with two attached hydrogens (primary N) is 1. The number of thiazole rings is 1. The molecule has 0 aliphatic rings. The molecule has 0 aromatic carbocycles. The van der Waals surface area contributed by atoms with Gasteiger partial charge in [0.1, 0.15) is 0 Å². The van der Waals surface area contributed by atoms with Crippen LogP contribution in [-0.4, -0.2) is 14.8 Å². The molecule has 0 saturated carbocycles. The Hall–Kier alpha value is -1.24. The van der Waals surface area contributed by atoms with Crippen LogP contribution in [0.2, 0.25) is 0 Å². The Morgan fingerprint density at radius 3 is 3.13 bits per heavy atom. The summed E-state index contributed by atoms with van der Waals surface area (Å²) in [5.41, 5.74) is 5.65. The number of nitrogens with one attached hydrogen (secondary N) is 1. The second-order valence-electron chi connectivity index (χ2n) is 3.08. The van der Waals surface area contributed by atoms with Crippen LogP contribution in [0.15, 0.2) is 24.0 Å². The third kappa shape index (κ3) is 1.92.